The number of anilines is 1. The van der Waals surface area contributed by atoms with Gasteiger partial charge in [-0.1, -0.05) is 0 Å². The normalized spacial score (nSPS) is 13.7. The quantitative estimate of drug-likeness (QED) is 0.696. The Morgan fingerprint density at radius 1 is 1.25 bits per heavy atom. The van der Waals surface area contributed by atoms with E-state index in [1.807, 2.05) is 17.3 Å². The van der Waals surface area contributed by atoms with E-state index < -0.39 is 6.61 Å². The maximum atomic E-state index is 12.1. The van der Waals surface area contributed by atoms with Crippen molar-refractivity contribution in [3.8, 4) is 5.75 Å². The maximum absolute atomic E-state index is 12.1. The van der Waals surface area contributed by atoms with Crippen LogP contribution in [0.25, 0.3) is 0 Å². The molecule has 8 heteroatoms. The second-order valence-corrected chi connectivity index (χ2v) is 5.19. The number of ether oxygens (including phenoxy) is 2. The lowest BCUT2D eigenvalue weighted by molar-refractivity contribution is -0.119. The minimum absolute atomic E-state index is 0.0679. The smallest absolute Gasteiger partial charge is 0.387 e. The van der Waals surface area contributed by atoms with Crippen molar-refractivity contribution in [2.75, 3.05) is 37.9 Å². The van der Waals surface area contributed by atoms with E-state index >= 15 is 0 Å². The van der Waals surface area contributed by atoms with Crippen LogP contribution in [0.15, 0.2) is 36.7 Å². The first kappa shape index (κ1) is 18.0. The molecule has 1 aliphatic heterocycles. The summed E-state index contributed by atoms with van der Waals surface area (Å²) in [5.41, 5.74) is 0.891. The predicted molar refractivity (Wildman–Crippen MR) is 85.8 cm³/mol. The number of carbonyl (C=O) groups is 1. The van der Waals surface area contributed by atoms with Gasteiger partial charge in [0.1, 0.15) is 5.75 Å². The summed E-state index contributed by atoms with van der Waals surface area (Å²) in [4.78, 5) is 14.8. The Kier molecular flexibility index (Phi) is 6.80. The van der Waals surface area contributed by atoms with Gasteiger partial charge >= 0.3 is 6.61 Å². The van der Waals surface area contributed by atoms with E-state index in [9.17, 15) is 13.6 Å². The molecule has 0 bridgehead atoms. The molecule has 1 heterocycles. The van der Waals surface area contributed by atoms with E-state index in [1.54, 1.807) is 12.1 Å². The van der Waals surface area contributed by atoms with Crippen molar-refractivity contribution in [3.63, 3.8) is 0 Å². The van der Waals surface area contributed by atoms with Crippen LogP contribution in [0.1, 0.15) is 6.92 Å². The van der Waals surface area contributed by atoms with Crippen LogP contribution in [0, 0.1) is 0 Å². The number of benzene rings is 1. The Bertz CT molecular complexity index is 552. The molecule has 0 aromatic heterocycles. The Morgan fingerprint density at radius 2 is 2.00 bits per heavy atom. The molecule has 1 N–H and O–H groups in total. The number of amides is 1. The zero-order valence-corrected chi connectivity index (χ0v) is 13.5. The fourth-order valence-electron chi connectivity index (χ4n) is 2.18. The molecule has 0 fully saturated rings. The summed E-state index contributed by atoms with van der Waals surface area (Å²) >= 11 is 0. The third kappa shape index (κ3) is 6.04. The van der Waals surface area contributed by atoms with E-state index in [0.29, 0.717) is 26.4 Å². The molecule has 1 aliphatic rings. The second-order valence-electron chi connectivity index (χ2n) is 5.19. The molecule has 132 valence electrons. The lowest BCUT2D eigenvalue weighted by atomic mass is 10.3. The van der Waals surface area contributed by atoms with Gasteiger partial charge in [-0.25, -0.2) is 0 Å². The molecule has 1 aromatic rings. The molecule has 0 aliphatic carbocycles. The second kappa shape index (κ2) is 9.07. The molecule has 0 saturated carbocycles. The van der Waals surface area contributed by atoms with Crippen LogP contribution in [0.3, 0.4) is 0 Å². The summed E-state index contributed by atoms with van der Waals surface area (Å²) in [6.07, 6.45) is 3.86. The summed E-state index contributed by atoms with van der Waals surface area (Å²) in [6, 6.07) is 6.50. The summed E-state index contributed by atoms with van der Waals surface area (Å²) in [5, 5.41) is 2.66. The lowest BCUT2D eigenvalue weighted by Gasteiger charge is -2.21. The summed E-state index contributed by atoms with van der Waals surface area (Å²) < 4.78 is 34.0. The largest absolute Gasteiger partial charge is 0.435 e. The zero-order valence-electron chi connectivity index (χ0n) is 13.5. The van der Waals surface area contributed by atoms with Gasteiger partial charge in [0.15, 0.2) is 0 Å². The van der Waals surface area contributed by atoms with Crippen LogP contribution in [-0.2, 0) is 9.53 Å². The molecule has 1 aromatic carbocycles. The van der Waals surface area contributed by atoms with Gasteiger partial charge in [-0.05, 0) is 24.3 Å². The molecular weight excluding hydrogens is 320 g/mol. The number of hydrogen-bond donors (Lipinski definition) is 1. The molecule has 1 amide bonds. The third-order valence-electron chi connectivity index (χ3n) is 3.33. The Balaban J connectivity index is 1.67. The van der Waals surface area contributed by atoms with Gasteiger partial charge in [-0.15, -0.1) is 0 Å². The summed E-state index contributed by atoms with van der Waals surface area (Å²) in [5.74, 6) is 0.0723. The van der Waals surface area contributed by atoms with Crippen molar-refractivity contribution in [3.05, 3.63) is 36.7 Å². The van der Waals surface area contributed by atoms with Gasteiger partial charge in [-0.2, -0.15) is 8.78 Å². The van der Waals surface area contributed by atoms with Crippen LogP contribution >= 0.6 is 0 Å². The molecule has 0 spiro atoms. The first-order valence-electron chi connectivity index (χ1n) is 7.60. The molecular formula is C16H21F2N3O3. The van der Waals surface area contributed by atoms with Crippen molar-refractivity contribution in [2.45, 2.75) is 13.5 Å². The Labute approximate surface area is 139 Å². The van der Waals surface area contributed by atoms with E-state index in [0.717, 1.165) is 12.2 Å². The number of carbonyl (C=O) groups excluding carboxylic acids is 1. The fourth-order valence-corrected chi connectivity index (χ4v) is 2.18. The van der Waals surface area contributed by atoms with Crippen molar-refractivity contribution in [1.29, 1.82) is 0 Å². The van der Waals surface area contributed by atoms with E-state index in [-0.39, 0.29) is 11.7 Å². The molecule has 24 heavy (non-hydrogen) atoms. The number of nitrogens with one attached hydrogen (secondary N) is 1. The predicted octanol–water partition coefficient (Wildman–Crippen LogP) is 1.99. The fraction of sp³-hybridized carbons (Fsp3) is 0.438. The zero-order chi connectivity index (χ0) is 17.4. The minimum atomic E-state index is -2.82. The highest BCUT2D eigenvalue weighted by Crippen LogP contribution is 2.23. The summed E-state index contributed by atoms with van der Waals surface area (Å²) in [6.45, 7) is 1.57. The third-order valence-corrected chi connectivity index (χ3v) is 3.33. The van der Waals surface area contributed by atoms with E-state index in [2.05, 4.69) is 15.0 Å². The molecule has 0 unspecified atom stereocenters. The average molecular weight is 341 g/mol. The van der Waals surface area contributed by atoms with Crippen molar-refractivity contribution < 1.29 is 23.0 Å². The van der Waals surface area contributed by atoms with Crippen LogP contribution in [0.4, 0.5) is 14.5 Å². The van der Waals surface area contributed by atoms with Crippen LogP contribution in [0.5, 0.6) is 5.75 Å². The molecule has 2 rings (SSSR count). The minimum Gasteiger partial charge on any atom is -0.435 e. The summed E-state index contributed by atoms with van der Waals surface area (Å²) in [7, 11) is 0. The number of hydrogen-bond acceptors (Lipinski definition) is 5. The monoisotopic (exact) mass is 341 g/mol. The number of nitrogens with zero attached hydrogens (tertiary/aromatic N) is 2. The van der Waals surface area contributed by atoms with Crippen molar-refractivity contribution in [2.24, 2.45) is 0 Å². The van der Waals surface area contributed by atoms with E-state index in [1.165, 1.54) is 19.1 Å². The average Bonchev–Trinajstić information content (AvgIpc) is 2.99. The highest BCUT2D eigenvalue weighted by Gasteiger charge is 2.14. The van der Waals surface area contributed by atoms with Gasteiger partial charge < -0.3 is 24.6 Å². The van der Waals surface area contributed by atoms with Crippen molar-refractivity contribution >= 4 is 11.6 Å². The molecule has 0 atom stereocenters. The number of alkyl halides is 2. The highest BCUT2D eigenvalue weighted by atomic mass is 19.3. The standard InChI is InChI=1S/C16H21F2N3O3/c1-13(22)19-6-10-23-11-9-20-7-8-21(12-20)14-2-4-15(5-3-14)24-16(17)18/h2-5,7-8,16H,6,9-12H2,1H3,(H,19,22). The molecule has 6 nitrogen and oxygen atoms in total. The Hall–Kier alpha value is -2.35. The number of halogens is 2. The van der Waals surface area contributed by atoms with Crippen LogP contribution in [0.2, 0.25) is 0 Å². The topological polar surface area (TPSA) is 54.0 Å². The first-order valence-corrected chi connectivity index (χ1v) is 7.60. The maximum Gasteiger partial charge on any atom is 0.387 e. The SMILES string of the molecule is CC(=O)NCCOCCN1C=CN(c2ccc(OC(F)F)cc2)C1. The van der Waals surface area contributed by atoms with Gasteiger partial charge in [0, 0.05) is 38.1 Å². The Morgan fingerprint density at radius 3 is 2.67 bits per heavy atom. The van der Waals surface area contributed by atoms with Gasteiger partial charge in [0.05, 0.1) is 19.9 Å². The number of rotatable bonds is 9. The van der Waals surface area contributed by atoms with E-state index in [4.69, 9.17) is 4.74 Å². The first-order chi connectivity index (χ1) is 11.5. The van der Waals surface area contributed by atoms with Gasteiger partial charge in [-0.3, -0.25) is 4.79 Å². The van der Waals surface area contributed by atoms with Gasteiger partial charge in [0.2, 0.25) is 5.91 Å². The van der Waals surface area contributed by atoms with Crippen LogP contribution < -0.4 is 15.0 Å². The van der Waals surface area contributed by atoms with Crippen molar-refractivity contribution in [1.82, 2.24) is 10.2 Å². The molecule has 0 saturated heterocycles. The lowest BCUT2D eigenvalue weighted by Crippen LogP contribution is -2.29. The highest BCUT2D eigenvalue weighted by molar-refractivity contribution is 5.72. The molecule has 0 radical (unpaired) electrons. The van der Waals surface area contributed by atoms with Crippen LogP contribution in [-0.4, -0.2) is 50.4 Å². The van der Waals surface area contributed by atoms with Gasteiger partial charge in [0.25, 0.3) is 0 Å².